The summed E-state index contributed by atoms with van der Waals surface area (Å²) in [4.78, 5) is 17.1. The van der Waals surface area contributed by atoms with Crippen molar-refractivity contribution in [3.8, 4) is 11.5 Å². The summed E-state index contributed by atoms with van der Waals surface area (Å²) in [5, 5.41) is 4.03. The van der Waals surface area contributed by atoms with Crippen LogP contribution in [0, 0.1) is 6.92 Å². The molecule has 0 atom stereocenters. The van der Waals surface area contributed by atoms with Crippen LogP contribution in [0.25, 0.3) is 0 Å². The molecule has 1 aliphatic rings. The van der Waals surface area contributed by atoms with E-state index in [2.05, 4.69) is 5.16 Å². The Morgan fingerprint density at radius 2 is 1.96 bits per heavy atom. The molecule has 5 heteroatoms. The Bertz CT molecular complexity index is 750. The molecule has 0 aromatic heterocycles. The topological polar surface area (TPSA) is 57.1 Å². The van der Waals surface area contributed by atoms with E-state index in [4.69, 9.17) is 14.3 Å². The molecule has 0 radical (unpaired) electrons. The number of rotatable bonds is 3. The van der Waals surface area contributed by atoms with E-state index in [1.165, 1.54) is 0 Å². The summed E-state index contributed by atoms with van der Waals surface area (Å²) < 4.78 is 10.8. The summed E-state index contributed by atoms with van der Waals surface area (Å²) in [6.07, 6.45) is 0.584. The molecule has 23 heavy (non-hydrogen) atoms. The van der Waals surface area contributed by atoms with Gasteiger partial charge in [-0.1, -0.05) is 22.9 Å². The number of hydrogen-bond donors (Lipinski definition) is 0. The predicted octanol–water partition coefficient (Wildman–Crippen LogP) is 3.35. The fourth-order valence-corrected chi connectivity index (χ4v) is 2.31. The minimum Gasteiger partial charge on any atom is -0.497 e. The molecule has 118 valence electrons. The lowest BCUT2D eigenvalue weighted by Crippen LogP contribution is -2.17. The Kier molecular flexibility index (Phi) is 4.28. The number of methoxy groups -OCH3 is 1. The zero-order chi connectivity index (χ0) is 16.2. The van der Waals surface area contributed by atoms with Crippen molar-refractivity contribution in [2.45, 2.75) is 13.3 Å². The Morgan fingerprint density at radius 3 is 2.70 bits per heavy atom. The molecular formula is C18H17NO4. The van der Waals surface area contributed by atoms with Crippen LogP contribution in [0.3, 0.4) is 0 Å². The first-order chi connectivity index (χ1) is 11.2. The largest absolute Gasteiger partial charge is 0.497 e. The van der Waals surface area contributed by atoms with Gasteiger partial charge >= 0.3 is 5.97 Å². The first-order valence-corrected chi connectivity index (χ1v) is 7.33. The zero-order valence-electron chi connectivity index (χ0n) is 13.0. The van der Waals surface area contributed by atoms with E-state index >= 15 is 0 Å². The Balaban J connectivity index is 1.79. The van der Waals surface area contributed by atoms with Crippen LogP contribution in [0.1, 0.15) is 27.9 Å². The third-order valence-corrected chi connectivity index (χ3v) is 3.62. The smallest absolute Gasteiger partial charge is 0.365 e. The maximum Gasteiger partial charge on any atom is 0.365 e. The average Bonchev–Trinajstić information content (AvgIpc) is 2.59. The van der Waals surface area contributed by atoms with Gasteiger partial charge < -0.3 is 14.3 Å². The van der Waals surface area contributed by atoms with Gasteiger partial charge in [-0.25, -0.2) is 4.79 Å². The second-order valence-corrected chi connectivity index (χ2v) is 5.24. The second-order valence-electron chi connectivity index (χ2n) is 5.24. The van der Waals surface area contributed by atoms with Gasteiger partial charge in [0.1, 0.15) is 11.5 Å². The van der Waals surface area contributed by atoms with Gasteiger partial charge in [0, 0.05) is 18.1 Å². The van der Waals surface area contributed by atoms with Crippen molar-refractivity contribution in [1.29, 1.82) is 0 Å². The minimum atomic E-state index is -0.473. The number of hydrogen-bond acceptors (Lipinski definition) is 5. The number of benzene rings is 2. The summed E-state index contributed by atoms with van der Waals surface area (Å²) >= 11 is 0. The summed E-state index contributed by atoms with van der Waals surface area (Å²) in [6.45, 7) is 2.45. The van der Waals surface area contributed by atoms with Crippen molar-refractivity contribution in [2.75, 3.05) is 13.7 Å². The molecule has 5 nitrogen and oxygen atoms in total. The third kappa shape index (κ3) is 3.34. The van der Waals surface area contributed by atoms with Crippen molar-refractivity contribution in [3.63, 3.8) is 0 Å². The van der Waals surface area contributed by atoms with E-state index in [1.807, 2.05) is 31.2 Å². The number of ether oxygens (including phenoxy) is 2. The van der Waals surface area contributed by atoms with Crippen LogP contribution < -0.4 is 9.47 Å². The maximum absolute atomic E-state index is 12.0. The standard InChI is InChI=1S/C18H17NO4/c1-12-3-5-13(6-4-12)18(20)23-19-16-9-10-22-17-11-14(21-2)7-8-15(16)17/h3-8,11H,9-10H2,1-2H3. The number of nitrogens with zero attached hydrogens (tertiary/aromatic N) is 1. The molecule has 0 N–H and O–H groups in total. The van der Waals surface area contributed by atoms with E-state index in [-0.39, 0.29) is 0 Å². The average molecular weight is 311 g/mol. The molecule has 0 amide bonds. The van der Waals surface area contributed by atoms with E-state index in [9.17, 15) is 4.79 Å². The van der Waals surface area contributed by atoms with Crippen molar-refractivity contribution < 1.29 is 19.1 Å². The summed E-state index contributed by atoms with van der Waals surface area (Å²) in [7, 11) is 1.60. The van der Waals surface area contributed by atoms with Crippen LogP contribution in [0.15, 0.2) is 47.6 Å². The number of carbonyl (C=O) groups excluding carboxylic acids is 1. The van der Waals surface area contributed by atoms with Gasteiger partial charge in [-0.15, -0.1) is 0 Å². The molecule has 2 aromatic rings. The highest BCUT2D eigenvalue weighted by atomic mass is 16.7. The fourth-order valence-electron chi connectivity index (χ4n) is 2.31. The molecule has 0 spiro atoms. The lowest BCUT2D eigenvalue weighted by Gasteiger charge is -2.19. The molecule has 3 rings (SSSR count). The van der Waals surface area contributed by atoms with Crippen LogP contribution in [-0.4, -0.2) is 25.4 Å². The molecule has 0 saturated heterocycles. The van der Waals surface area contributed by atoms with E-state index in [0.717, 1.165) is 11.1 Å². The Hall–Kier alpha value is -2.82. The summed E-state index contributed by atoms with van der Waals surface area (Å²) in [6, 6.07) is 12.6. The van der Waals surface area contributed by atoms with Crippen LogP contribution in [0.5, 0.6) is 11.5 Å². The lowest BCUT2D eigenvalue weighted by molar-refractivity contribution is 0.0514. The van der Waals surface area contributed by atoms with Gasteiger partial charge in [0.05, 0.1) is 25.0 Å². The van der Waals surface area contributed by atoms with Crippen molar-refractivity contribution in [2.24, 2.45) is 5.16 Å². The van der Waals surface area contributed by atoms with Crippen LogP contribution >= 0.6 is 0 Å². The minimum absolute atomic E-state index is 0.473. The molecule has 1 heterocycles. The third-order valence-electron chi connectivity index (χ3n) is 3.62. The predicted molar refractivity (Wildman–Crippen MR) is 86.2 cm³/mol. The highest BCUT2D eigenvalue weighted by Crippen LogP contribution is 2.29. The second kappa shape index (κ2) is 6.52. The quantitative estimate of drug-likeness (QED) is 0.644. The summed E-state index contributed by atoms with van der Waals surface area (Å²) in [5.41, 5.74) is 3.06. The number of oxime groups is 1. The van der Waals surface area contributed by atoms with Crippen molar-refractivity contribution in [1.82, 2.24) is 0 Å². The number of aryl methyl sites for hydroxylation is 1. The Morgan fingerprint density at radius 1 is 1.17 bits per heavy atom. The molecule has 0 unspecified atom stereocenters. The van der Waals surface area contributed by atoms with Crippen LogP contribution in [0.4, 0.5) is 0 Å². The molecule has 1 aliphatic heterocycles. The first-order valence-electron chi connectivity index (χ1n) is 7.33. The van der Waals surface area contributed by atoms with E-state index in [1.54, 1.807) is 25.3 Å². The van der Waals surface area contributed by atoms with Gasteiger partial charge in [0.15, 0.2) is 0 Å². The molecular weight excluding hydrogens is 294 g/mol. The van der Waals surface area contributed by atoms with Gasteiger partial charge in [-0.3, -0.25) is 0 Å². The lowest BCUT2D eigenvalue weighted by atomic mass is 10.0. The molecule has 0 fully saturated rings. The molecule has 0 saturated carbocycles. The highest BCUT2D eigenvalue weighted by molar-refractivity contribution is 6.04. The van der Waals surface area contributed by atoms with Gasteiger partial charge in [-0.05, 0) is 31.2 Å². The molecule has 2 aromatic carbocycles. The maximum atomic E-state index is 12.0. The molecule has 0 aliphatic carbocycles. The Labute approximate surface area is 134 Å². The fraction of sp³-hybridized carbons (Fsp3) is 0.222. The van der Waals surface area contributed by atoms with Crippen molar-refractivity contribution in [3.05, 3.63) is 59.2 Å². The first kappa shape index (κ1) is 15.1. The molecule has 0 bridgehead atoms. The normalized spacial score (nSPS) is 14.8. The van der Waals surface area contributed by atoms with Crippen molar-refractivity contribution >= 4 is 11.7 Å². The van der Waals surface area contributed by atoms with Gasteiger partial charge in [0.2, 0.25) is 0 Å². The number of fused-ring (bicyclic) bond motifs is 1. The highest BCUT2D eigenvalue weighted by Gasteiger charge is 2.19. The summed E-state index contributed by atoms with van der Waals surface area (Å²) in [5.74, 6) is 0.918. The van der Waals surface area contributed by atoms with E-state index in [0.29, 0.717) is 35.8 Å². The van der Waals surface area contributed by atoms with E-state index < -0.39 is 5.97 Å². The number of carbonyl (C=O) groups is 1. The van der Waals surface area contributed by atoms with Crippen LogP contribution in [0.2, 0.25) is 0 Å². The van der Waals surface area contributed by atoms with Gasteiger partial charge in [0.25, 0.3) is 0 Å². The zero-order valence-corrected chi connectivity index (χ0v) is 13.0. The SMILES string of the molecule is COc1ccc2c(c1)OCCC2=NOC(=O)c1ccc(C)cc1. The monoisotopic (exact) mass is 311 g/mol. The van der Waals surface area contributed by atoms with Crippen LogP contribution in [-0.2, 0) is 4.84 Å². The van der Waals surface area contributed by atoms with Gasteiger partial charge in [-0.2, -0.15) is 0 Å².